The Morgan fingerprint density at radius 2 is 1.04 bits per heavy atom. The molecule has 0 saturated heterocycles. The van der Waals surface area contributed by atoms with Crippen LogP contribution in [0, 0.1) is 10.8 Å². The van der Waals surface area contributed by atoms with Crippen LogP contribution in [0.15, 0.2) is 0 Å². The molecule has 45 heavy (non-hydrogen) atoms. The van der Waals surface area contributed by atoms with E-state index < -0.39 is 52.8 Å². The maximum absolute atomic E-state index is 12.6. The molecule has 0 aromatic heterocycles. The van der Waals surface area contributed by atoms with E-state index in [1.54, 1.807) is 27.7 Å². The Balaban J connectivity index is 4.08. The molecule has 0 radical (unpaired) electrons. The minimum Gasteiger partial charge on any atom is -0.465 e. The third-order valence-electron chi connectivity index (χ3n) is 5.92. The maximum Gasteiger partial charge on any atom is 0.303 e. The minimum absolute atomic E-state index is 0.0121. The second-order valence-corrected chi connectivity index (χ2v) is 14.1. The van der Waals surface area contributed by atoms with Crippen molar-refractivity contribution in [1.29, 1.82) is 0 Å². The molecule has 17 heteroatoms. The molecule has 0 aliphatic carbocycles. The molecule has 2 atom stereocenters. The average Bonchev–Trinajstić information content (AvgIpc) is 2.94. The summed E-state index contributed by atoms with van der Waals surface area (Å²) < 4.78 is 15.0. The summed E-state index contributed by atoms with van der Waals surface area (Å²) >= 11 is 0. The molecular formula is C28H48N4O11S2. The second kappa shape index (κ2) is 21.6. The van der Waals surface area contributed by atoms with Gasteiger partial charge in [-0.15, -0.1) is 0 Å². The smallest absolute Gasteiger partial charge is 0.303 e. The van der Waals surface area contributed by atoms with E-state index in [1.165, 1.54) is 42.4 Å². The van der Waals surface area contributed by atoms with E-state index in [2.05, 4.69) is 21.3 Å². The number of amides is 4. The van der Waals surface area contributed by atoms with E-state index >= 15 is 0 Å². The van der Waals surface area contributed by atoms with Crippen LogP contribution in [0.25, 0.3) is 0 Å². The fraction of sp³-hybridized carbons (Fsp3) is 0.750. The number of esters is 3. The van der Waals surface area contributed by atoms with Crippen LogP contribution < -0.4 is 21.3 Å². The Bertz CT molecular complexity index is 1020. The molecule has 0 bridgehead atoms. The van der Waals surface area contributed by atoms with Crippen molar-refractivity contribution in [3.63, 3.8) is 0 Å². The molecule has 0 saturated carbocycles. The number of rotatable bonds is 22. The molecule has 2 unspecified atom stereocenters. The molecule has 4 amide bonds. The fourth-order valence-corrected chi connectivity index (χ4v) is 5.18. The number of aliphatic hydroxyl groups is 1. The highest BCUT2D eigenvalue weighted by Gasteiger charge is 2.39. The molecule has 258 valence electrons. The van der Waals surface area contributed by atoms with Gasteiger partial charge in [-0.1, -0.05) is 49.3 Å². The van der Waals surface area contributed by atoms with Crippen LogP contribution in [-0.2, 0) is 47.8 Å². The van der Waals surface area contributed by atoms with E-state index in [0.29, 0.717) is 24.6 Å². The highest BCUT2D eigenvalue weighted by Crippen LogP contribution is 2.25. The van der Waals surface area contributed by atoms with Gasteiger partial charge in [0, 0.05) is 82.1 Å². The molecular weight excluding hydrogens is 632 g/mol. The molecule has 0 rings (SSSR count). The maximum atomic E-state index is 12.6. The van der Waals surface area contributed by atoms with E-state index in [1.807, 2.05) is 0 Å². The minimum atomic E-state index is -1.41. The third kappa shape index (κ3) is 19.8. The summed E-state index contributed by atoms with van der Waals surface area (Å²) in [6.45, 7) is 10.6. The van der Waals surface area contributed by atoms with Crippen LogP contribution >= 0.6 is 21.6 Å². The Kier molecular flexibility index (Phi) is 20.2. The van der Waals surface area contributed by atoms with Gasteiger partial charge in [-0.2, -0.15) is 0 Å². The molecule has 0 heterocycles. The standard InChI is InChI=1S/C28H48N4O11S2/c1-18(33)41-16-27(4,5)23(38)25(39)31-10-8-21(36)29-12-14-44-45-15-13-30-22(37)9-11-32-26(40)24(43-20(3)35)28(6,7)17-42-19(2)34/h23-24,38H,8-17H2,1-7H3,(H,29,36)(H,30,37)(H,31,39)(H,32,40). The van der Waals surface area contributed by atoms with Gasteiger partial charge in [0.25, 0.3) is 5.91 Å². The van der Waals surface area contributed by atoms with Gasteiger partial charge in [-0.3, -0.25) is 33.6 Å². The molecule has 0 spiro atoms. The highest BCUT2D eigenvalue weighted by atomic mass is 33.1. The summed E-state index contributed by atoms with van der Waals surface area (Å²) in [4.78, 5) is 82.4. The predicted octanol–water partition coefficient (Wildman–Crippen LogP) is 0.0840. The van der Waals surface area contributed by atoms with Crippen molar-refractivity contribution in [1.82, 2.24) is 21.3 Å². The zero-order valence-electron chi connectivity index (χ0n) is 27.1. The summed E-state index contributed by atoms with van der Waals surface area (Å²) in [6, 6.07) is 0. The Hall–Kier alpha value is -3.05. The van der Waals surface area contributed by atoms with Crippen LogP contribution in [0.3, 0.4) is 0 Å². The third-order valence-corrected chi connectivity index (χ3v) is 8.32. The summed E-state index contributed by atoms with van der Waals surface area (Å²) in [5.74, 6) is -2.28. The van der Waals surface area contributed by atoms with Crippen LogP contribution in [0.5, 0.6) is 0 Å². The summed E-state index contributed by atoms with van der Waals surface area (Å²) in [6.07, 6.45) is -2.58. The van der Waals surface area contributed by atoms with Gasteiger partial charge in [-0.25, -0.2) is 0 Å². The van der Waals surface area contributed by atoms with Crippen LogP contribution in [0.4, 0.5) is 0 Å². The monoisotopic (exact) mass is 680 g/mol. The number of aliphatic hydroxyl groups excluding tert-OH is 1. The molecule has 0 aromatic carbocycles. The van der Waals surface area contributed by atoms with Crippen molar-refractivity contribution in [2.75, 3.05) is 50.9 Å². The lowest BCUT2D eigenvalue weighted by Crippen LogP contribution is -2.49. The molecule has 0 aliphatic heterocycles. The number of hydrogen-bond acceptors (Lipinski definition) is 13. The summed E-state index contributed by atoms with van der Waals surface area (Å²) in [5, 5.41) is 20.7. The number of carbonyl (C=O) groups excluding carboxylic acids is 7. The SMILES string of the molecule is CC(=O)OCC(C)(C)C(O)C(=O)NCCC(=O)NCCSSCCNC(=O)CCNC(=O)C(OC(C)=O)C(C)(C)COC(C)=O. The van der Waals surface area contributed by atoms with Crippen molar-refractivity contribution in [3.05, 3.63) is 0 Å². The van der Waals surface area contributed by atoms with Gasteiger partial charge in [0.05, 0.1) is 6.61 Å². The largest absolute Gasteiger partial charge is 0.465 e. The Labute approximate surface area is 272 Å². The zero-order chi connectivity index (χ0) is 34.6. The van der Waals surface area contributed by atoms with E-state index in [-0.39, 0.29) is 51.0 Å². The number of ether oxygens (including phenoxy) is 3. The van der Waals surface area contributed by atoms with Gasteiger partial charge in [0.2, 0.25) is 17.7 Å². The normalized spacial score (nSPS) is 12.6. The van der Waals surface area contributed by atoms with Crippen molar-refractivity contribution in [3.8, 4) is 0 Å². The summed E-state index contributed by atoms with van der Waals surface area (Å²) in [5.41, 5.74) is -1.98. The van der Waals surface area contributed by atoms with Gasteiger partial charge >= 0.3 is 17.9 Å². The van der Waals surface area contributed by atoms with E-state index in [9.17, 15) is 38.7 Å². The lowest BCUT2D eigenvalue weighted by Gasteiger charge is -2.31. The number of hydrogen-bond donors (Lipinski definition) is 5. The van der Waals surface area contributed by atoms with Crippen LogP contribution in [0.2, 0.25) is 0 Å². The molecule has 0 aromatic rings. The first-order valence-corrected chi connectivity index (χ1v) is 16.8. The Morgan fingerprint density at radius 3 is 1.47 bits per heavy atom. The molecule has 15 nitrogen and oxygen atoms in total. The van der Waals surface area contributed by atoms with E-state index in [0.717, 1.165) is 0 Å². The highest BCUT2D eigenvalue weighted by molar-refractivity contribution is 8.76. The number of nitrogens with one attached hydrogen (secondary N) is 4. The van der Waals surface area contributed by atoms with Crippen LogP contribution in [-0.4, -0.2) is 110 Å². The Morgan fingerprint density at radius 1 is 0.622 bits per heavy atom. The summed E-state index contributed by atoms with van der Waals surface area (Å²) in [7, 11) is 3.02. The number of carbonyl (C=O) groups is 7. The van der Waals surface area contributed by atoms with Crippen molar-refractivity contribution < 1.29 is 52.9 Å². The van der Waals surface area contributed by atoms with E-state index in [4.69, 9.17) is 14.2 Å². The first-order valence-electron chi connectivity index (χ1n) is 14.3. The lowest BCUT2D eigenvalue weighted by atomic mass is 9.86. The van der Waals surface area contributed by atoms with Crippen molar-refractivity contribution in [2.24, 2.45) is 10.8 Å². The first kappa shape index (κ1) is 42.0. The van der Waals surface area contributed by atoms with Gasteiger partial charge in [-0.05, 0) is 0 Å². The molecule has 5 N–H and O–H groups in total. The second-order valence-electron chi connectivity index (χ2n) is 11.4. The topological polar surface area (TPSA) is 216 Å². The average molecular weight is 681 g/mol. The predicted molar refractivity (Wildman–Crippen MR) is 169 cm³/mol. The zero-order valence-corrected chi connectivity index (χ0v) is 28.7. The van der Waals surface area contributed by atoms with Gasteiger partial charge in [0.1, 0.15) is 12.7 Å². The fourth-order valence-electron chi connectivity index (χ4n) is 3.37. The van der Waals surface area contributed by atoms with Crippen molar-refractivity contribution in [2.45, 2.75) is 73.5 Å². The van der Waals surface area contributed by atoms with Crippen molar-refractivity contribution >= 4 is 63.1 Å². The van der Waals surface area contributed by atoms with Gasteiger partial charge in [0.15, 0.2) is 6.10 Å². The van der Waals surface area contributed by atoms with Crippen LogP contribution in [0.1, 0.15) is 61.3 Å². The molecule has 0 fully saturated rings. The lowest BCUT2D eigenvalue weighted by molar-refractivity contribution is -0.166. The quantitative estimate of drug-likeness (QED) is 0.0444. The molecule has 0 aliphatic rings. The van der Waals surface area contributed by atoms with Gasteiger partial charge < -0.3 is 40.6 Å². The first-order chi connectivity index (χ1) is 20.9.